The number of alkyl halides is 3. The van der Waals surface area contributed by atoms with Crippen molar-refractivity contribution >= 4 is 29.0 Å². The largest absolute Gasteiger partial charge is 0.416 e. The molecule has 1 aromatic heterocycles. The third-order valence-corrected chi connectivity index (χ3v) is 4.89. The van der Waals surface area contributed by atoms with E-state index in [0.29, 0.717) is 10.1 Å². The summed E-state index contributed by atoms with van der Waals surface area (Å²) in [4.78, 5) is 23.5. The molecule has 0 aliphatic rings. The Balaban J connectivity index is 1.90. The van der Waals surface area contributed by atoms with Crippen LogP contribution in [-0.2, 0) is 13.2 Å². The first kappa shape index (κ1) is 20.3. The summed E-state index contributed by atoms with van der Waals surface area (Å²) in [7, 11) is 1.69. The van der Waals surface area contributed by atoms with E-state index in [2.05, 4.69) is 15.5 Å². The Hall–Kier alpha value is -3.41. The number of rotatable bonds is 5. The highest BCUT2D eigenvalue weighted by atomic mass is 32.2. The number of halogens is 3. The maximum atomic E-state index is 12.7. The second kappa shape index (κ2) is 7.91. The van der Waals surface area contributed by atoms with Gasteiger partial charge in [-0.25, -0.2) is 0 Å². The van der Waals surface area contributed by atoms with Crippen molar-refractivity contribution in [3.05, 3.63) is 70.0 Å². The van der Waals surface area contributed by atoms with Crippen molar-refractivity contribution in [1.82, 2.24) is 14.8 Å². The molecule has 1 amide bonds. The van der Waals surface area contributed by atoms with Gasteiger partial charge in [-0.05, 0) is 42.1 Å². The fourth-order valence-electron chi connectivity index (χ4n) is 2.30. The minimum absolute atomic E-state index is 0.0212. The first-order valence-electron chi connectivity index (χ1n) is 7.94. The Bertz CT molecular complexity index is 1070. The normalized spacial score (nSPS) is 11.3. The maximum absolute atomic E-state index is 12.7. The Morgan fingerprint density at radius 1 is 1.21 bits per heavy atom. The van der Waals surface area contributed by atoms with Gasteiger partial charge >= 0.3 is 6.18 Å². The summed E-state index contributed by atoms with van der Waals surface area (Å²) in [5, 5.41) is 21.6. The molecule has 0 saturated carbocycles. The zero-order chi connectivity index (χ0) is 21.2. The van der Waals surface area contributed by atoms with Crippen LogP contribution in [0.4, 0.5) is 24.5 Å². The number of nitro benzene ring substituents is 1. The molecule has 0 spiro atoms. The molecule has 0 unspecified atom stereocenters. The third-order valence-electron chi connectivity index (χ3n) is 3.76. The molecule has 150 valence electrons. The molecular formula is C17H12F3N5O3S. The molecule has 2 aromatic carbocycles. The van der Waals surface area contributed by atoms with Gasteiger partial charge in [0.15, 0.2) is 5.16 Å². The predicted molar refractivity (Wildman–Crippen MR) is 97.6 cm³/mol. The van der Waals surface area contributed by atoms with Crippen LogP contribution in [0.3, 0.4) is 0 Å². The highest BCUT2D eigenvalue weighted by Gasteiger charge is 2.30. The smallest absolute Gasteiger partial charge is 0.322 e. The number of non-ortho nitro benzene ring substituents is 1. The molecule has 29 heavy (non-hydrogen) atoms. The third kappa shape index (κ3) is 4.71. The number of anilines is 1. The summed E-state index contributed by atoms with van der Waals surface area (Å²) in [6.07, 6.45) is -3.04. The summed E-state index contributed by atoms with van der Waals surface area (Å²) < 4.78 is 39.6. The summed E-state index contributed by atoms with van der Waals surface area (Å²) in [6.45, 7) is 0. The van der Waals surface area contributed by atoms with Crippen LogP contribution in [0.2, 0.25) is 0 Å². The van der Waals surface area contributed by atoms with E-state index < -0.39 is 22.6 Å². The van der Waals surface area contributed by atoms with Gasteiger partial charge in [0.2, 0.25) is 0 Å². The van der Waals surface area contributed by atoms with Crippen molar-refractivity contribution in [1.29, 1.82) is 0 Å². The van der Waals surface area contributed by atoms with Crippen LogP contribution in [0.1, 0.15) is 15.9 Å². The van der Waals surface area contributed by atoms with Crippen LogP contribution in [0.5, 0.6) is 0 Å². The predicted octanol–water partition coefficient (Wildman–Crippen LogP) is 4.15. The number of hydrogen-bond donors (Lipinski definition) is 1. The van der Waals surface area contributed by atoms with E-state index in [1.165, 1.54) is 18.5 Å². The molecule has 1 N–H and O–H groups in total. The van der Waals surface area contributed by atoms with Crippen molar-refractivity contribution in [2.45, 2.75) is 16.2 Å². The minimum atomic E-state index is -4.50. The van der Waals surface area contributed by atoms with Crippen LogP contribution < -0.4 is 5.32 Å². The van der Waals surface area contributed by atoms with Crippen LogP contribution in [0, 0.1) is 10.1 Å². The van der Waals surface area contributed by atoms with Gasteiger partial charge in [0.1, 0.15) is 6.33 Å². The molecule has 1 heterocycles. The van der Waals surface area contributed by atoms with Gasteiger partial charge in [-0.1, -0.05) is 0 Å². The standard InChI is InChI=1S/C17H12F3N5O3S/c1-24-9-21-23-16(24)29-14-7-6-12(25(27)28)8-13(14)15(26)22-11-4-2-10(3-5-11)17(18,19)20/h2-9H,1H3,(H,22,26). The van der Waals surface area contributed by atoms with E-state index in [0.717, 1.165) is 42.1 Å². The van der Waals surface area contributed by atoms with Gasteiger partial charge in [-0.15, -0.1) is 10.2 Å². The van der Waals surface area contributed by atoms with Gasteiger partial charge in [-0.3, -0.25) is 14.9 Å². The average molecular weight is 423 g/mol. The summed E-state index contributed by atoms with van der Waals surface area (Å²) >= 11 is 1.07. The lowest BCUT2D eigenvalue weighted by atomic mass is 10.1. The molecular weight excluding hydrogens is 411 g/mol. The highest BCUT2D eigenvalue weighted by Crippen LogP contribution is 2.32. The van der Waals surface area contributed by atoms with Gasteiger partial charge in [0, 0.05) is 29.8 Å². The minimum Gasteiger partial charge on any atom is -0.322 e. The summed E-state index contributed by atoms with van der Waals surface area (Å²) in [5.41, 5.74) is -1.06. The molecule has 0 saturated heterocycles. The molecule has 3 aromatic rings. The molecule has 12 heteroatoms. The van der Waals surface area contributed by atoms with Gasteiger partial charge in [0.25, 0.3) is 11.6 Å². The molecule has 3 rings (SSSR count). The maximum Gasteiger partial charge on any atom is 0.416 e. The van der Waals surface area contributed by atoms with Crippen molar-refractivity contribution in [3.63, 3.8) is 0 Å². The second-order valence-electron chi connectivity index (χ2n) is 5.79. The highest BCUT2D eigenvalue weighted by molar-refractivity contribution is 7.99. The quantitative estimate of drug-likeness (QED) is 0.489. The van der Waals surface area contributed by atoms with E-state index in [-0.39, 0.29) is 16.9 Å². The number of aryl methyl sites for hydroxylation is 1. The molecule has 0 radical (unpaired) electrons. The van der Waals surface area contributed by atoms with Gasteiger partial charge in [0.05, 0.1) is 16.1 Å². The Kier molecular flexibility index (Phi) is 5.55. The Morgan fingerprint density at radius 3 is 2.45 bits per heavy atom. The fourth-order valence-corrected chi connectivity index (χ4v) is 3.18. The molecule has 0 aliphatic heterocycles. The molecule has 0 atom stereocenters. The van der Waals surface area contributed by atoms with Crippen molar-refractivity contribution in [2.75, 3.05) is 5.32 Å². The number of carbonyl (C=O) groups is 1. The number of nitro groups is 1. The van der Waals surface area contributed by atoms with E-state index in [4.69, 9.17) is 0 Å². The van der Waals surface area contributed by atoms with E-state index in [9.17, 15) is 28.1 Å². The Labute approximate surface area is 165 Å². The first-order chi connectivity index (χ1) is 13.6. The number of aromatic nitrogens is 3. The average Bonchev–Trinajstić information content (AvgIpc) is 3.06. The van der Waals surface area contributed by atoms with Gasteiger partial charge in [-0.2, -0.15) is 13.2 Å². The van der Waals surface area contributed by atoms with Crippen molar-refractivity contribution in [2.24, 2.45) is 7.05 Å². The number of nitrogens with one attached hydrogen (secondary N) is 1. The van der Waals surface area contributed by atoms with Crippen LogP contribution >= 0.6 is 11.8 Å². The van der Waals surface area contributed by atoms with Gasteiger partial charge < -0.3 is 9.88 Å². The van der Waals surface area contributed by atoms with E-state index in [1.54, 1.807) is 11.6 Å². The number of carbonyl (C=O) groups excluding carboxylic acids is 1. The molecule has 0 aliphatic carbocycles. The fraction of sp³-hybridized carbons (Fsp3) is 0.118. The number of amides is 1. The van der Waals surface area contributed by atoms with Crippen molar-refractivity contribution < 1.29 is 22.9 Å². The zero-order valence-corrected chi connectivity index (χ0v) is 15.5. The van der Waals surface area contributed by atoms with Crippen LogP contribution in [-0.4, -0.2) is 25.6 Å². The zero-order valence-electron chi connectivity index (χ0n) is 14.7. The second-order valence-corrected chi connectivity index (χ2v) is 6.80. The monoisotopic (exact) mass is 423 g/mol. The summed E-state index contributed by atoms with van der Waals surface area (Å²) in [6, 6.07) is 7.61. The lowest BCUT2D eigenvalue weighted by molar-refractivity contribution is -0.384. The first-order valence-corrected chi connectivity index (χ1v) is 8.75. The lowest BCUT2D eigenvalue weighted by Crippen LogP contribution is -2.14. The molecule has 0 bridgehead atoms. The Morgan fingerprint density at radius 2 is 1.90 bits per heavy atom. The number of benzene rings is 2. The van der Waals surface area contributed by atoms with Crippen LogP contribution in [0.15, 0.2) is 58.8 Å². The SMILES string of the molecule is Cn1cnnc1Sc1ccc([N+](=O)[O-])cc1C(=O)Nc1ccc(C(F)(F)F)cc1. The van der Waals surface area contributed by atoms with Crippen LogP contribution in [0.25, 0.3) is 0 Å². The topological polar surface area (TPSA) is 103 Å². The summed E-state index contributed by atoms with van der Waals surface area (Å²) in [5.74, 6) is -0.710. The van der Waals surface area contributed by atoms with E-state index >= 15 is 0 Å². The molecule has 0 fully saturated rings. The lowest BCUT2D eigenvalue weighted by Gasteiger charge is -2.11. The number of nitrogens with zero attached hydrogens (tertiary/aromatic N) is 4. The number of hydrogen-bond acceptors (Lipinski definition) is 6. The van der Waals surface area contributed by atoms with Crippen molar-refractivity contribution in [3.8, 4) is 0 Å². The van der Waals surface area contributed by atoms with E-state index in [1.807, 2.05) is 0 Å². The molecule has 8 nitrogen and oxygen atoms in total.